The van der Waals surface area contributed by atoms with Gasteiger partial charge in [0.25, 0.3) is 5.91 Å². The van der Waals surface area contributed by atoms with E-state index >= 15 is 0 Å². The normalized spacial score (nSPS) is 10.5. The first kappa shape index (κ1) is 15.4. The molecular formula is C18H16N2O2S. The minimum atomic E-state index is -0.153. The zero-order valence-electron chi connectivity index (χ0n) is 12.6. The van der Waals surface area contributed by atoms with Crippen LogP contribution in [0, 0.1) is 0 Å². The maximum absolute atomic E-state index is 12.3. The fourth-order valence-corrected chi connectivity index (χ4v) is 2.57. The number of amides is 1. The molecular weight excluding hydrogens is 308 g/mol. The second kappa shape index (κ2) is 6.71. The van der Waals surface area contributed by atoms with Crippen LogP contribution in [0.2, 0.25) is 0 Å². The van der Waals surface area contributed by atoms with Gasteiger partial charge in [-0.3, -0.25) is 9.78 Å². The number of methoxy groups -OCH3 is 1. The summed E-state index contributed by atoms with van der Waals surface area (Å²) in [5.74, 6) is 0.640. The fourth-order valence-electron chi connectivity index (χ4n) is 2.30. The lowest BCUT2D eigenvalue weighted by molar-refractivity contribution is 0.0950. The van der Waals surface area contributed by atoms with Gasteiger partial charge in [-0.1, -0.05) is 24.3 Å². The van der Waals surface area contributed by atoms with Crippen molar-refractivity contribution in [3.8, 4) is 5.75 Å². The molecule has 0 saturated heterocycles. The molecule has 0 atom stereocenters. The van der Waals surface area contributed by atoms with Gasteiger partial charge in [-0.2, -0.15) is 0 Å². The monoisotopic (exact) mass is 324 g/mol. The number of carbonyl (C=O) groups excluding carboxylic acids is 1. The van der Waals surface area contributed by atoms with Gasteiger partial charge >= 0.3 is 0 Å². The van der Waals surface area contributed by atoms with Crippen molar-refractivity contribution in [3.05, 3.63) is 65.9 Å². The molecule has 0 aliphatic heterocycles. The predicted octanol–water partition coefficient (Wildman–Crippen LogP) is 3.46. The Morgan fingerprint density at radius 3 is 2.74 bits per heavy atom. The van der Waals surface area contributed by atoms with Crippen molar-refractivity contribution in [3.63, 3.8) is 0 Å². The molecule has 23 heavy (non-hydrogen) atoms. The van der Waals surface area contributed by atoms with E-state index in [1.165, 1.54) is 0 Å². The molecule has 0 radical (unpaired) electrons. The Bertz CT molecular complexity index is 847. The van der Waals surface area contributed by atoms with E-state index in [1.54, 1.807) is 13.3 Å². The molecule has 1 heterocycles. The van der Waals surface area contributed by atoms with Crippen molar-refractivity contribution in [2.75, 3.05) is 7.11 Å². The van der Waals surface area contributed by atoms with Crippen molar-refractivity contribution in [1.82, 2.24) is 10.3 Å². The van der Waals surface area contributed by atoms with Crippen LogP contribution in [0.1, 0.15) is 15.9 Å². The van der Waals surface area contributed by atoms with Crippen LogP contribution in [0.4, 0.5) is 0 Å². The van der Waals surface area contributed by atoms with Crippen LogP contribution in [0.3, 0.4) is 0 Å². The van der Waals surface area contributed by atoms with Crippen LogP contribution >= 0.6 is 12.6 Å². The molecule has 1 N–H and O–H groups in total. The molecule has 0 fully saturated rings. The molecule has 0 spiro atoms. The van der Waals surface area contributed by atoms with E-state index in [0.29, 0.717) is 12.1 Å². The van der Waals surface area contributed by atoms with Crippen molar-refractivity contribution >= 4 is 29.4 Å². The van der Waals surface area contributed by atoms with E-state index in [1.807, 2.05) is 48.5 Å². The third kappa shape index (κ3) is 3.46. The third-order valence-corrected chi connectivity index (χ3v) is 3.92. The summed E-state index contributed by atoms with van der Waals surface area (Å²) >= 11 is 4.37. The van der Waals surface area contributed by atoms with Crippen LogP contribution < -0.4 is 10.1 Å². The number of hydrogen-bond acceptors (Lipinski definition) is 4. The topological polar surface area (TPSA) is 51.2 Å². The third-order valence-electron chi connectivity index (χ3n) is 3.56. The Labute approximate surface area is 139 Å². The molecule has 0 aliphatic carbocycles. The Balaban J connectivity index is 1.72. The fraction of sp³-hybridized carbons (Fsp3) is 0.111. The number of thiol groups is 1. The highest BCUT2D eigenvalue weighted by molar-refractivity contribution is 7.80. The Kier molecular flexibility index (Phi) is 4.48. The van der Waals surface area contributed by atoms with Gasteiger partial charge in [-0.25, -0.2) is 0 Å². The number of pyridine rings is 1. The minimum absolute atomic E-state index is 0.153. The minimum Gasteiger partial charge on any atom is -0.497 e. The molecule has 1 amide bonds. The molecule has 3 rings (SSSR count). The van der Waals surface area contributed by atoms with Crippen molar-refractivity contribution in [2.24, 2.45) is 0 Å². The lowest BCUT2D eigenvalue weighted by Crippen LogP contribution is -2.22. The standard InChI is InChI=1S/C18H16N2O2S/c1-22-15-7-5-12(6-8-15)10-20-18(21)14-9-13-3-2-4-16(23)17(13)19-11-14/h2-9,11,23H,10H2,1H3,(H,20,21). The Morgan fingerprint density at radius 2 is 2.00 bits per heavy atom. The number of carbonyl (C=O) groups is 1. The molecule has 3 aromatic rings. The van der Waals surface area contributed by atoms with Crippen molar-refractivity contribution in [1.29, 1.82) is 0 Å². The number of fused-ring (bicyclic) bond motifs is 1. The summed E-state index contributed by atoms with van der Waals surface area (Å²) in [4.78, 5) is 17.4. The van der Waals surface area contributed by atoms with Crippen LogP contribution in [-0.2, 0) is 6.54 Å². The number of nitrogens with one attached hydrogen (secondary N) is 1. The number of benzene rings is 2. The molecule has 0 bridgehead atoms. The first-order valence-electron chi connectivity index (χ1n) is 7.16. The molecule has 2 aromatic carbocycles. The highest BCUT2D eigenvalue weighted by Crippen LogP contribution is 2.20. The predicted molar refractivity (Wildman–Crippen MR) is 93.2 cm³/mol. The maximum Gasteiger partial charge on any atom is 0.253 e. The number of nitrogens with zero attached hydrogens (tertiary/aromatic N) is 1. The summed E-state index contributed by atoms with van der Waals surface area (Å²) in [6.45, 7) is 0.452. The van der Waals surface area contributed by atoms with Crippen LogP contribution in [0.25, 0.3) is 10.9 Å². The van der Waals surface area contributed by atoms with Crippen LogP contribution in [0.5, 0.6) is 5.75 Å². The second-order valence-corrected chi connectivity index (χ2v) is 5.59. The van der Waals surface area contributed by atoms with Gasteiger partial charge in [0, 0.05) is 23.0 Å². The molecule has 116 valence electrons. The van der Waals surface area contributed by atoms with E-state index in [2.05, 4.69) is 22.9 Å². The summed E-state index contributed by atoms with van der Waals surface area (Å²) in [6, 6.07) is 15.1. The van der Waals surface area contributed by atoms with Crippen molar-refractivity contribution < 1.29 is 9.53 Å². The summed E-state index contributed by atoms with van der Waals surface area (Å²) < 4.78 is 5.11. The SMILES string of the molecule is COc1ccc(CNC(=O)c2cnc3c(S)cccc3c2)cc1. The van der Waals surface area contributed by atoms with Crippen LogP contribution in [-0.4, -0.2) is 18.0 Å². The van der Waals surface area contributed by atoms with E-state index < -0.39 is 0 Å². The lowest BCUT2D eigenvalue weighted by atomic mass is 10.1. The second-order valence-electron chi connectivity index (χ2n) is 5.10. The molecule has 1 aromatic heterocycles. The molecule has 0 unspecified atom stereocenters. The van der Waals surface area contributed by atoms with Gasteiger partial charge < -0.3 is 10.1 Å². The summed E-state index contributed by atoms with van der Waals surface area (Å²) in [7, 11) is 1.62. The smallest absolute Gasteiger partial charge is 0.253 e. The number of rotatable bonds is 4. The average molecular weight is 324 g/mol. The number of para-hydroxylation sites is 1. The Morgan fingerprint density at radius 1 is 1.22 bits per heavy atom. The highest BCUT2D eigenvalue weighted by atomic mass is 32.1. The first-order chi connectivity index (χ1) is 11.2. The quantitative estimate of drug-likeness (QED) is 0.723. The summed E-state index contributed by atoms with van der Waals surface area (Å²) in [6.07, 6.45) is 1.57. The van der Waals surface area contributed by atoms with Gasteiger partial charge in [-0.05, 0) is 29.8 Å². The van der Waals surface area contributed by atoms with E-state index in [4.69, 9.17) is 4.74 Å². The van der Waals surface area contributed by atoms with E-state index in [0.717, 1.165) is 27.1 Å². The van der Waals surface area contributed by atoms with Gasteiger partial charge in [-0.15, -0.1) is 12.6 Å². The van der Waals surface area contributed by atoms with Gasteiger partial charge in [0.1, 0.15) is 5.75 Å². The van der Waals surface area contributed by atoms with E-state index in [-0.39, 0.29) is 5.91 Å². The zero-order chi connectivity index (χ0) is 16.2. The highest BCUT2D eigenvalue weighted by Gasteiger charge is 2.08. The average Bonchev–Trinajstić information content (AvgIpc) is 2.60. The Hall–Kier alpha value is -2.53. The van der Waals surface area contributed by atoms with Crippen molar-refractivity contribution in [2.45, 2.75) is 11.4 Å². The zero-order valence-corrected chi connectivity index (χ0v) is 13.5. The number of aromatic nitrogens is 1. The number of ether oxygens (including phenoxy) is 1. The maximum atomic E-state index is 12.3. The largest absolute Gasteiger partial charge is 0.497 e. The first-order valence-corrected chi connectivity index (χ1v) is 7.61. The van der Waals surface area contributed by atoms with Gasteiger partial charge in [0.05, 0.1) is 18.2 Å². The van der Waals surface area contributed by atoms with Crippen LogP contribution in [0.15, 0.2) is 59.6 Å². The van der Waals surface area contributed by atoms with Gasteiger partial charge in [0.15, 0.2) is 0 Å². The van der Waals surface area contributed by atoms with E-state index in [9.17, 15) is 4.79 Å². The molecule has 5 heteroatoms. The molecule has 4 nitrogen and oxygen atoms in total. The van der Waals surface area contributed by atoms with Gasteiger partial charge in [0.2, 0.25) is 0 Å². The summed E-state index contributed by atoms with van der Waals surface area (Å²) in [5, 5.41) is 3.79. The molecule has 0 saturated carbocycles. The summed E-state index contributed by atoms with van der Waals surface area (Å²) in [5.41, 5.74) is 2.33. The molecule has 0 aliphatic rings. The lowest BCUT2D eigenvalue weighted by Gasteiger charge is -2.07. The number of hydrogen-bond donors (Lipinski definition) is 2.